The van der Waals surface area contributed by atoms with E-state index in [4.69, 9.17) is 11.6 Å². The van der Waals surface area contributed by atoms with Gasteiger partial charge in [-0.2, -0.15) is 0 Å². The van der Waals surface area contributed by atoms with Gasteiger partial charge in [-0.05, 0) is 59.5 Å². The fourth-order valence-corrected chi connectivity index (χ4v) is 2.75. The first kappa shape index (κ1) is 16.0. The Morgan fingerprint density at radius 1 is 1.19 bits per heavy atom. The van der Waals surface area contributed by atoms with Gasteiger partial charge in [-0.3, -0.25) is 0 Å². The van der Waals surface area contributed by atoms with Gasteiger partial charge in [-0.25, -0.2) is 9.97 Å². The molecule has 0 radical (unpaired) electrons. The van der Waals surface area contributed by atoms with Gasteiger partial charge in [0.1, 0.15) is 5.82 Å². The molecule has 0 aliphatic carbocycles. The first-order chi connectivity index (χ1) is 9.90. The Bertz CT molecular complexity index is 653. The molecular formula is C16H23ClN4. The number of hydrogen-bond donors (Lipinski definition) is 1. The quantitative estimate of drug-likeness (QED) is 0.857. The standard InChI is InChI=1S/C16H23ClN4/c1-10-9-11(2)19-16-13(10)14(17)12(3)15(20-16)18-7-6-8-21(4)5/h9H,6-8H2,1-5H3,(H,18,19,20). The molecule has 0 amide bonds. The summed E-state index contributed by atoms with van der Waals surface area (Å²) >= 11 is 6.52. The van der Waals surface area contributed by atoms with Gasteiger partial charge in [0.25, 0.3) is 0 Å². The summed E-state index contributed by atoms with van der Waals surface area (Å²) < 4.78 is 0. The molecule has 4 nitrogen and oxygen atoms in total. The minimum absolute atomic E-state index is 0.721. The maximum atomic E-state index is 6.52. The van der Waals surface area contributed by atoms with E-state index in [1.54, 1.807) is 0 Å². The van der Waals surface area contributed by atoms with E-state index in [0.29, 0.717) is 0 Å². The van der Waals surface area contributed by atoms with E-state index in [2.05, 4.69) is 34.3 Å². The molecular weight excluding hydrogens is 284 g/mol. The van der Waals surface area contributed by atoms with Crippen LogP contribution < -0.4 is 5.32 Å². The number of pyridine rings is 2. The molecule has 0 saturated carbocycles. The summed E-state index contributed by atoms with van der Waals surface area (Å²) in [6.45, 7) is 7.95. The highest BCUT2D eigenvalue weighted by atomic mass is 35.5. The molecule has 0 bridgehead atoms. The van der Waals surface area contributed by atoms with Gasteiger partial charge in [-0.15, -0.1) is 0 Å². The van der Waals surface area contributed by atoms with Gasteiger partial charge in [0.05, 0.1) is 5.02 Å². The zero-order chi connectivity index (χ0) is 15.6. The third-order valence-corrected chi connectivity index (χ3v) is 3.99. The maximum absolute atomic E-state index is 6.52. The SMILES string of the molecule is Cc1cc(C)c2c(Cl)c(C)c(NCCCN(C)C)nc2n1. The Kier molecular flexibility index (Phi) is 5.01. The third kappa shape index (κ3) is 3.63. The number of rotatable bonds is 5. The van der Waals surface area contributed by atoms with E-state index in [0.717, 1.165) is 58.2 Å². The van der Waals surface area contributed by atoms with E-state index < -0.39 is 0 Å². The van der Waals surface area contributed by atoms with E-state index in [9.17, 15) is 0 Å². The number of halogens is 1. The predicted octanol–water partition coefficient (Wildman–Crippen LogP) is 3.57. The van der Waals surface area contributed by atoms with Gasteiger partial charge >= 0.3 is 0 Å². The second-order valence-corrected chi connectivity index (χ2v) is 6.14. The van der Waals surface area contributed by atoms with Crippen molar-refractivity contribution in [2.45, 2.75) is 27.2 Å². The van der Waals surface area contributed by atoms with Crippen molar-refractivity contribution in [2.75, 3.05) is 32.5 Å². The van der Waals surface area contributed by atoms with Crippen LogP contribution in [0.1, 0.15) is 23.2 Å². The molecule has 0 aliphatic rings. The zero-order valence-electron chi connectivity index (χ0n) is 13.4. The van der Waals surface area contributed by atoms with Crippen LogP contribution in [0.4, 0.5) is 5.82 Å². The second-order valence-electron chi connectivity index (χ2n) is 5.76. The smallest absolute Gasteiger partial charge is 0.163 e. The Hall–Kier alpha value is -1.39. The number of aromatic nitrogens is 2. The summed E-state index contributed by atoms with van der Waals surface area (Å²) in [5.41, 5.74) is 3.80. The topological polar surface area (TPSA) is 41.0 Å². The molecule has 2 aromatic heterocycles. The van der Waals surface area contributed by atoms with Crippen LogP contribution in [0.15, 0.2) is 6.07 Å². The van der Waals surface area contributed by atoms with Gasteiger partial charge in [0.15, 0.2) is 5.65 Å². The van der Waals surface area contributed by atoms with Crippen LogP contribution in [0.3, 0.4) is 0 Å². The Labute approximate surface area is 131 Å². The van der Waals surface area contributed by atoms with Crippen molar-refractivity contribution in [3.63, 3.8) is 0 Å². The molecule has 2 aromatic rings. The lowest BCUT2D eigenvalue weighted by Gasteiger charge is -2.14. The third-order valence-electron chi connectivity index (χ3n) is 3.52. The van der Waals surface area contributed by atoms with Crippen LogP contribution in [0.2, 0.25) is 5.02 Å². The van der Waals surface area contributed by atoms with Crippen LogP contribution in [0, 0.1) is 20.8 Å². The largest absolute Gasteiger partial charge is 0.370 e. The summed E-state index contributed by atoms with van der Waals surface area (Å²) in [6.07, 6.45) is 1.06. The molecule has 0 atom stereocenters. The number of nitrogens with one attached hydrogen (secondary N) is 1. The number of fused-ring (bicyclic) bond motifs is 1. The predicted molar refractivity (Wildman–Crippen MR) is 90.4 cm³/mol. The molecule has 0 spiro atoms. The van der Waals surface area contributed by atoms with Gasteiger partial charge in [0, 0.05) is 23.2 Å². The highest BCUT2D eigenvalue weighted by Crippen LogP contribution is 2.31. The molecule has 114 valence electrons. The fraction of sp³-hybridized carbons (Fsp3) is 0.500. The number of anilines is 1. The van der Waals surface area contributed by atoms with E-state index in [-0.39, 0.29) is 0 Å². The van der Waals surface area contributed by atoms with E-state index in [1.165, 1.54) is 0 Å². The van der Waals surface area contributed by atoms with Crippen molar-refractivity contribution >= 4 is 28.5 Å². The molecule has 2 rings (SSSR count). The van der Waals surface area contributed by atoms with E-state index in [1.807, 2.05) is 26.8 Å². The van der Waals surface area contributed by atoms with Crippen LogP contribution in [-0.4, -0.2) is 42.1 Å². The molecule has 1 N–H and O–H groups in total. The molecule has 0 unspecified atom stereocenters. The van der Waals surface area contributed by atoms with E-state index >= 15 is 0 Å². The highest BCUT2D eigenvalue weighted by Gasteiger charge is 2.13. The van der Waals surface area contributed by atoms with Gasteiger partial charge in [0.2, 0.25) is 0 Å². The first-order valence-electron chi connectivity index (χ1n) is 7.22. The first-order valence-corrected chi connectivity index (χ1v) is 7.60. The number of hydrogen-bond acceptors (Lipinski definition) is 4. The molecule has 2 heterocycles. The molecule has 0 aromatic carbocycles. The van der Waals surface area contributed by atoms with Crippen molar-refractivity contribution in [2.24, 2.45) is 0 Å². The van der Waals surface area contributed by atoms with Gasteiger partial charge in [-0.1, -0.05) is 11.6 Å². The summed E-state index contributed by atoms with van der Waals surface area (Å²) in [4.78, 5) is 11.3. The summed E-state index contributed by atoms with van der Waals surface area (Å²) in [5.74, 6) is 0.837. The Morgan fingerprint density at radius 3 is 2.57 bits per heavy atom. The van der Waals surface area contributed by atoms with Crippen molar-refractivity contribution in [3.05, 3.63) is 27.9 Å². The summed E-state index contributed by atoms with van der Waals surface area (Å²) in [6, 6.07) is 2.04. The minimum atomic E-state index is 0.721. The monoisotopic (exact) mass is 306 g/mol. The van der Waals surface area contributed by atoms with Crippen LogP contribution in [0.25, 0.3) is 11.0 Å². The van der Waals surface area contributed by atoms with Crippen LogP contribution in [-0.2, 0) is 0 Å². The molecule has 21 heavy (non-hydrogen) atoms. The zero-order valence-corrected chi connectivity index (χ0v) is 14.2. The Morgan fingerprint density at radius 2 is 1.90 bits per heavy atom. The van der Waals surface area contributed by atoms with Crippen molar-refractivity contribution < 1.29 is 0 Å². The maximum Gasteiger partial charge on any atom is 0.163 e. The number of aryl methyl sites for hydroxylation is 2. The normalized spacial score (nSPS) is 11.4. The lowest BCUT2D eigenvalue weighted by atomic mass is 10.1. The fourth-order valence-electron chi connectivity index (χ4n) is 2.42. The second kappa shape index (κ2) is 6.58. The summed E-state index contributed by atoms with van der Waals surface area (Å²) in [7, 11) is 4.15. The lowest BCUT2D eigenvalue weighted by molar-refractivity contribution is 0.405. The molecule has 5 heteroatoms. The van der Waals surface area contributed by atoms with Crippen LogP contribution in [0.5, 0.6) is 0 Å². The van der Waals surface area contributed by atoms with Crippen molar-refractivity contribution in [1.82, 2.24) is 14.9 Å². The average molecular weight is 307 g/mol. The molecule has 0 saturated heterocycles. The molecule has 0 aliphatic heterocycles. The Balaban J connectivity index is 2.31. The van der Waals surface area contributed by atoms with Crippen LogP contribution >= 0.6 is 11.6 Å². The minimum Gasteiger partial charge on any atom is -0.370 e. The highest BCUT2D eigenvalue weighted by molar-refractivity contribution is 6.36. The van der Waals surface area contributed by atoms with Gasteiger partial charge < -0.3 is 10.2 Å². The average Bonchev–Trinajstić information content (AvgIpc) is 2.38. The lowest BCUT2D eigenvalue weighted by Crippen LogP contribution is -2.17. The summed E-state index contributed by atoms with van der Waals surface area (Å²) in [5, 5.41) is 5.09. The number of nitrogens with zero attached hydrogens (tertiary/aromatic N) is 3. The van der Waals surface area contributed by atoms with Crippen molar-refractivity contribution in [1.29, 1.82) is 0 Å². The molecule has 0 fully saturated rings. The van der Waals surface area contributed by atoms with Crippen molar-refractivity contribution in [3.8, 4) is 0 Å².